The smallest absolute Gasteiger partial charge is 0.260 e. The van der Waals surface area contributed by atoms with Crippen LogP contribution >= 0.6 is 0 Å². The maximum Gasteiger partial charge on any atom is 0.260 e. The van der Waals surface area contributed by atoms with Crippen LogP contribution in [-0.2, 0) is 6.54 Å². The number of aromatic nitrogens is 2. The maximum absolute atomic E-state index is 14.8. The Hall–Kier alpha value is -3.52. The van der Waals surface area contributed by atoms with Crippen molar-refractivity contribution in [2.75, 3.05) is 30.0 Å². The zero-order chi connectivity index (χ0) is 22.4. The fraction of sp³-hybridized carbons (Fsp3) is 0.292. The number of halogens is 1. The number of ether oxygens (including phenoxy) is 1. The molecule has 0 saturated carbocycles. The molecule has 0 spiro atoms. The quantitative estimate of drug-likeness (QED) is 0.680. The molecule has 2 aromatic heterocycles. The van der Waals surface area contributed by atoms with Gasteiger partial charge in [-0.2, -0.15) is 0 Å². The van der Waals surface area contributed by atoms with Crippen molar-refractivity contribution in [3.8, 4) is 17.0 Å². The first-order valence-electron chi connectivity index (χ1n) is 10.6. The van der Waals surface area contributed by atoms with Crippen LogP contribution in [-0.4, -0.2) is 42.1 Å². The third-order valence-electron chi connectivity index (χ3n) is 6.14. The summed E-state index contributed by atoms with van der Waals surface area (Å²) >= 11 is 0. The third kappa shape index (κ3) is 3.27. The molecule has 1 aromatic carbocycles. The molecule has 2 N–H and O–H groups in total. The van der Waals surface area contributed by atoms with Crippen molar-refractivity contribution in [1.29, 1.82) is 0 Å². The Kier molecular flexibility index (Phi) is 5.01. The molecule has 1 amide bonds. The molecule has 8 heteroatoms. The van der Waals surface area contributed by atoms with Gasteiger partial charge in [0.05, 0.1) is 24.9 Å². The van der Waals surface area contributed by atoms with Gasteiger partial charge in [-0.15, -0.1) is 0 Å². The zero-order valence-corrected chi connectivity index (χ0v) is 18.0. The van der Waals surface area contributed by atoms with E-state index in [4.69, 9.17) is 15.5 Å². The van der Waals surface area contributed by atoms with Gasteiger partial charge in [0, 0.05) is 36.5 Å². The van der Waals surface area contributed by atoms with Gasteiger partial charge in [0.2, 0.25) is 0 Å². The summed E-state index contributed by atoms with van der Waals surface area (Å²) in [4.78, 5) is 26.3. The van der Waals surface area contributed by atoms with Crippen molar-refractivity contribution < 1.29 is 13.9 Å². The first-order chi connectivity index (χ1) is 15.5. The van der Waals surface area contributed by atoms with Crippen molar-refractivity contribution in [1.82, 2.24) is 9.97 Å². The van der Waals surface area contributed by atoms with E-state index >= 15 is 0 Å². The second-order valence-electron chi connectivity index (χ2n) is 8.20. The highest BCUT2D eigenvalue weighted by molar-refractivity contribution is 6.10. The standard InChI is InChI=1S/C24H24FN5O2/c1-14-6-7-20(28-23(14)29-11-9-15(26)12-29)30-13-17-16(24(30)31)8-10-27-22(17)21-18(25)4-3-5-19(21)32-2/h3-8,10,15H,9,11-13,26H2,1-2H3/t15-/m1/s1. The second-order valence-corrected chi connectivity index (χ2v) is 8.20. The van der Waals surface area contributed by atoms with Gasteiger partial charge < -0.3 is 15.4 Å². The number of carbonyl (C=O) groups is 1. The van der Waals surface area contributed by atoms with Crippen LogP contribution in [0, 0.1) is 12.7 Å². The number of anilines is 2. The van der Waals surface area contributed by atoms with E-state index in [0.717, 1.165) is 30.9 Å². The second kappa shape index (κ2) is 7.87. The molecule has 1 saturated heterocycles. The summed E-state index contributed by atoms with van der Waals surface area (Å²) < 4.78 is 20.1. The van der Waals surface area contributed by atoms with E-state index in [-0.39, 0.29) is 24.1 Å². The number of fused-ring (bicyclic) bond motifs is 1. The SMILES string of the molecule is COc1cccc(F)c1-c1nccc2c1CN(c1ccc(C)c(N3CC[C@@H](N)C3)n1)C2=O. The summed E-state index contributed by atoms with van der Waals surface area (Å²) in [7, 11) is 1.49. The molecule has 164 valence electrons. The summed E-state index contributed by atoms with van der Waals surface area (Å²) in [5, 5.41) is 0. The van der Waals surface area contributed by atoms with Crippen LogP contribution in [0.4, 0.5) is 16.0 Å². The fourth-order valence-electron chi connectivity index (χ4n) is 4.49. The summed E-state index contributed by atoms with van der Waals surface area (Å²) in [6.45, 7) is 3.84. The molecular weight excluding hydrogens is 409 g/mol. The minimum atomic E-state index is -0.447. The molecule has 1 fully saturated rings. The lowest BCUT2D eigenvalue weighted by atomic mass is 10.0. The molecule has 0 unspecified atom stereocenters. The Morgan fingerprint density at radius 3 is 2.81 bits per heavy atom. The van der Waals surface area contributed by atoms with Gasteiger partial charge in [-0.05, 0) is 43.2 Å². The average Bonchev–Trinajstić information content (AvgIpc) is 3.37. The molecule has 2 aliphatic rings. The number of hydrogen-bond acceptors (Lipinski definition) is 6. The number of aryl methyl sites for hydroxylation is 1. The number of rotatable bonds is 4. The Morgan fingerprint density at radius 1 is 1.22 bits per heavy atom. The molecule has 0 aliphatic carbocycles. The number of benzene rings is 1. The molecule has 1 atom stereocenters. The van der Waals surface area contributed by atoms with Crippen molar-refractivity contribution in [2.24, 2.45) is 5.73 Å². The van der Waals surface area contributed by atoms with Gasteiger partial charge >= 0.3 is 0 Å². The van der Waals surface area contributed by atoms with Crippen LogP contribution in [0.15, 0.2) is 42.6 Å². The monoisotopic (exact) mass is 433 g/mol. The number of methoxy groups -OCH3 is 1. The fourth-order valence-corrected chi connectivity index (χ4v) is 4.49. The molecule has 32 heavy (non-hydrogen) atoms. The highest BCUT2D eigenvalue weighted by Crippen LogP contribution is 2.39. The Balaban J connectivity index is 1.55. The lowest BCUT2D eigenvalue weighted by molar-refractivity contribution is 0.0996. The van der Waals surface area contributed by atoms with E-state index in [1.165, 1.54) is 19.4 Å². The minimum absolute atomic E-state index is 0.127. The van der Waals surface area contributed by atoms with Crippen molar-refractivity contribution in [2.45, 2.75) is 25.9 Å². The average molecular weight is 433 g/mol. The van der Waals surface area contributed by atoms with Crippen LogP contribution in [0.1, 0.15) is 27.9 Å². The number of pyridine rings is 2. The maximum atomic E-state index is 14.8. The molecule has 7 nitrogen and oxygen atoms in total. The van der Waals surface area contributed by atoms with Crippen LogP contribution in [0.25, 0.3) is 11.3 Å². The van der Waals surface area contributed by atoms with E-state index in [2.05, 4.69) is 9.88 Å². The van der Waals surface area contributed by atoms with Crippen molar-refractivity contribution >= 4 is 17.5 Å². The van der Waals surface area contributed by atoms with Crippen LogP contribution < -0.4 is 20.3 Å². The van der Waals surface area contributed by atoms with Gasteiger partial charge in [0.1, 0.15) is 23.2 Å². The van der Waals surface area contributed by atoms with Gasteiger partial charge in [-0.25, -0.2) is 9.37 Å². The molecule has 5 rings (SSSR count). The number of nitrogens with zero attached hydrogens (tertiary/aromatic N) is 4. The van der Waals surface area contributed by atoms with Gasteiger partial charge in [-0.1, -0.05) is 12.1 Å². The molecule has 0 bridgehead atoms. The van der Waals surface area contributed by atoms with E-state index in [1.807, 2.05) is 19.1 Å². The number of hydrogen-bond donors (Lipinski definition) is 1. The van der Waals surface area contributed by atoms with Crippen LogP contribution in [0.5, 0.6) is 5.75 Å². The van der Waals surface area contributed by atoms with E-state index < -0.39 is 5.82 Å². The third-order valence-corrected chi connectivity index (χ3v) is 6.14. The normalized spacial score (nSPS) is 17.8. The topological polar surface area (TPSA) is 84.6 Å². The molecule has 3 aromatic rings. The minimum Gasteiger partial charge on any atom is -0.496 e. The molecule has 0 radical (unpaired) electrons. The number of nitrogens with two attached hydrogens (primary N) is 1. The number of amides is 1. The first-order valence-corrected chi connectivity index (χ1v) is 10.6. The largest absolute Gasteiger partial charge is 0.496 e. The zero-order valence-electron chi connectivity index (χ0n) is 18.0. The van der Waals surface area contributed by atoms with E-state index in [9.17, 15) is 9.18 Å². The summed E-state index contributed by atoms with van der Waals surface area (Å²) in [6, 6.07) is 10.2. The number of carbonyl (C=O) groups excluding carboxylic acids is 1. The highest BCUT2D eigenvalue weighted by Gasteiger charge is 2.34. The van der Waals surface area contributed by atoms with Gasteiger partial charge in [0.25, 0.3) is 5.91 Å². The summed E-state index contributed by atoms with van der Waals surface area (Å²) in [5.41, 5.74) is 8.93. The Morgan fingerprint density at radius 2 is 2.06 bits per heavy atom. The van der Waals surface area contributed by atoms with Crippen molar-refractivity contribution in [3.63, 3.8) is 0 Å². The molecule has 2 aliphatic heterocycles. The van der Waals surface area contributed by atoms with Crippen molar-refractivity contribution in [3.05, 3.63) is 65.1 Å². The van der Waals surface area contributed by atoms with Crippen LogP contribution in [0.2, 0.25) is 0 Å². The molecular formula is C24H24FN5O2. The van der Waals surface area contributed by atoms with E-state index in [0.29, 0.717) is 28.4 Å². The lowest BCUT2D eigenvalue weighted by Crippen LogP contribution is -2.29. The predicted molar refractivity (Wildman–Crippen MR) is 120 cm³/mol. The van der Waals surface area contributed by atoms with Crippen LogP contribution in [0.3, 0.4) is 0 Å². The predicted octanol–water partition coefficient (Wildman–Crippen LogP) is 3.30. The van der Waals surface area contributed by atoms with E-state index in [1.54, 1.807) is 23.1 Å². The Bertz CT molecular complexity index is 1210. The molecule has 4 heterocycles. The first kappa shape index (κ1) is 20.4. The van der Waals surface area contributed by atoms with Gasteiger partial charge in [-0.3, -0.25) is 14.7 Å². The summed E-state index contributed by atoms with van der Waals surface area (Å²) in [6.07, 6.45) is 2.44. The Labute approximate surface area is 185 Å². The summed E-state index contributed by atoms with van der Waals surface area (Å²) in [5.74, 6) is 1.14. The van der Waals surface area contributed by atoms with Gasteiger partial charge in [0.15, 0.2) is 0 Å². The highest BCUT2D eigenvalue weighted by atomic mass is 19.1. The lowest BCUT2D eigenvalue weighted by Gasteiger charge is -2.22.